The highest BCUT2D eigenvalue weighted by Crippen LogP contribution is 2.73. The molecule has 2 fully saturated rings. The SMILES string of the molecule is C=C(C)C1CC=C2C(CCC23C(=C)CCC3(C)C(C)CC(=O)C2CC(CCC=C(C)C)=CCC2(C)C(=O)O)C1(C)CCC(=O)O. The summed E-state index contributed by atoms with van der Waals surface area (Å²) < 4.78 is 0. The van der Waals surface area contributed by atoms with Crippen molar-refractivity contribution in [3.8, 4) is 0 Å². The Balaban J connectivity index is 1.64. The van der Waals surface area contributed by atoms with Crippen molar-refractivity contribution in [1.29, 1.82) is 0 Å². The van der Waals surface area contributed by atoms with E-state index < -0.39 is 23.3 Å². The van der Waals surface area contributed by atoms with Gasteiger partial charge in [-0.25, -0.2) is 0 Å². The Morgan fingerprint density at radius 1 is 1.07 bits per heavy atom. The Bertz CT molecular complexity index is 1340. The molecule has 0 bridgehead atoms. The molecule has 0 amide bonds. The second-order valence-corrected chi connectivity index (χ2v) is 16.1. The highest BCUT2D eigenvalue weighted by molar-refractivity contribution is 5.89. The summed E-state index contributed by atoms with van der Waals surface area (Å²) in [5.74, 6) is -1.56. The molecule has 248 valence electrons. The number of hydrogen-bond acceptors (Lipinski definition) is 3. The first-order valence-corrected chi connectivity index (χ1v) is 17.3. The van der Waals surface area contributed by atoms with Crippen LogP contribution in [-0.4, -0.2) is 27.9 Å². The molecule has 4 aliphatic carbocycles. The van der Waals surface area contributed by atoms with E-state index >= 15 is 0 Å². The van der Waals surface area contributed by atoms with E-state index in [1.54, 1.807) is 6.92 Å². The number of carboxylic acids is 2. The van der Waals surface area contributed by atoms with Crippen molar-refractivity contribution in [3.05, 3.63) is 59.3 Å². The Labute approximate surface area is 272 Å². The van der Waals surface area contributed by atoms with Gasteiger partial charge in [-0.15, -0.1) is 0 Å². The number of carboxylic acid groups (broad SMARTS) is 2. The number of carbonyl (C=O) groups is 3. The third-order valence-corrected chi connectivity index (χ3v) is 13.4. The van der Waals surface area contributed by atoms with Gasteiger partial charge >= 0.3 is 11.9 Å². The highest BCUT2D eigenvalue weighted by atomic mass is 16.4. The van der Waals surface area contributed by atoms with Crippen LogP contribution in [0, 0.1) is 45.3 Å². The number of carbonyl (C=O) groups excluding carboxylic acids is 1. The molecule has 0 radical (unpaired) electrons. The number of Topliss-reactive ketones (excluding diaryl/α,β-unsaturated/α-hetero) is 1. The van der Waals surface area contributed by atoms with Crippen LogP contribution in [0.4, 0.5) is 0 Å². The number of rotatable bonds is 12. The number of hydrogen-bond donors (Lipinski definition) is 2. The van der Waals surface area contributed by atoms with E-state index in [4.69, 9.17) is 0 Å². The first-order valence-electron chi connectivity index (χ1n) is 17.3. The average molecular weight is 619 g/mol. The molecule has 8 atom stereocenters. The number of ketones is 1. The summed E-state index contributed by atoms with van der Waals surface area (Å²) in [5, 5.41) is 20.0. The molecule has 4 aliphatic rings. The average Bonchev–Trinajstić information content (AvgIpc) is 3.48. The van der Waals surface area contributed by atoms with Crippen LogP contribution in [-0.2, 0) is 14.4 Å². The Morgan fingerprint density at radius 3 is 2.36 bits per heavy atom. The molecule has 8 unspecified atom stereocenters. The van der Waals surface area contributed by atoms with Crippen molar-refractivity contribution in [2.45, 2.75) is 126 Å². The van der Waals surface area contributed by atoms with E-state index in [2.05, 4.69) is 72.9 Å². The minimum atomic E-state index is -1.09. The molecule has 4 rings (SSSR count). The summed E-state index contributed by atoms with van der Waals surface area (Å²) in [4.78, 5) is 38.6. The van der Waals surface area contributed by atoms with Crippen LogP contribution in [0.25, 0.3) is 0 Å². The Morgan fingerprint density at radius 2 is 1.76 bits per heavy atom. The van der Waals surface area contributed by atoms with Gasteiger partial charge in [-0.2, -0.15) is 0 Å². The molecular weight excluding hydrogens is 560 g/mol. The Kier molecular flexibility index (Phi) is 10.0. The minimum Gasteiger partial charge on any atom is -0.481 e. The van der Waals surface area contributed by atoms with Crippen LogP contribution in [0.5, 0.6) is 0 Å². The van der Waals surface area contributed by atoms with E-state index in [9.17, 15) is 24.6 Å². The van der Waals surface area contributed by atoms with E-state index in [0.29, 0.717) is 25.7 Å². The highest BCUT2D eigenvalue weighted by Gasteiger charge is 2.65. The van der Waals surface area contributed by atoms with Crippen molar-refractivity contribution in [1.82, 2.24) is 0 Å². The van der Waals surface area contributed by atoms with E-state index in [1.165, 1.54) is 22.3 Å². The molecule has 2 N–H and O–H groups in total. The van der Waals surface area contributed by atoms with Crippen LogP contribution in [0.1, 0.15) is 126 Å². The van der Waals surface area contributed by atoms with Gasteiger partial charge in [-0.1, -0.05) is 80.0 Å². The summed E-state index contributed by atoms with van der Waals surface area (Å²) in [6, 6.07) is 0. The van der Waals surface area contributed by atoms with Crippen LogP contribution < -0.4 is 0 Å². The summed E-state index contributed by atoms with van der Waals surface area (Å²) in [6.45, 7) is 23.9. The van der Waals surface area contributed by atoms with E-state index in [0.717, 1.165) is 50.5 Å². The summed E-state index contributed by atoms with van der Waals surface area (Å²) >= 11 is 0. The van der Waals surface area contributed by atoms with Gasteiger partial charge in [0.1, 0.15) is 5.78 Å². The number of fused-ring (bicyclic) bond motifs is 2. The lowest BCUT2D eigenvalue weighted by molar-refractivity contribution is -0.155. The van der Waals surface area contributed by atoms with Crippen molar-refractivity contribution in [2.75, 3.05) is 0 Å². The zero-order valence-corrected chi connectivity index (χ0v) is 29.1. The maximum Gasteiger partial charge on any atom is 0.310 e. The number of allylic oxidation sites excluding steroid dienone is 8. The molecule has 45 heavy (non-hydrogen) atoms. The maximum absolute atomic E-state index is 14.3. The lowest BCUT2D eigenvalue weighted by Gasteiger charge is -2.53. The molecule has 1 spiro atoms. The smallest absolute Gasteiger partial charge is 0.310 e. The van der Waals surface area contributed by atoms with Gasteiger partial charge in [0.25, 0.3) is 0 Å². The fourth-order valence-electron chi connectivity index (χ4n) is 10.3. The van der Waals surface area contributed by atoms with Crippen LogP contribution in [0.3, 0.4) is 0 Å². The quantitative estimate of drug-likeness (QED) is 0.212. The normalized spacial score (nSPS) is 36.6. The lowest BCUT2D eigenvalue weighted by atomic mass is 9.51. The molecular formula is C40H58O5. The molecule has 0 aromatic heterocycles. The van der Waals surface area contributed by atoms with Gasteiger partial charge in [-0.05, 0) is 120 Å². The van der Waals surface area contributed by atoms with Crippen LogP contribution in [0.2, 0.25) is 0 Å². The van der Waals surface area contributed by atoms with Crippen LogP contribution >= 0.6 is 0 Å². The van der Waals surface area contributed by atoms with Crippen molar-refractivity contribution >= 4 is 17.7 Å². The fraction of sp³-hybridized carbons (Fsp3) is 0.675. The van der Waals surface area contributed by atoms with Crippen molar-refractivity contribution in [2.24, 2.45) is 45.3 Å². The zero-order chi connectivity index (χ0) is 33.5. The monoisotopic (exact) mass is 618 g/mol. The standard InChI is InChI=1S/C40H58O5/c1-25(2)11-10-12-29-16-19-38(8,36(44)45)33(24-29)34(41)23-28(6)39(9)21-15-27(5)40(39)22-17-31-32(40)14-13-30(26(3)4)37(31,7)20-18-35(42)43/h11,14,16,28,30-31,33H,3,5,10,12-13,15,17-24H2,1-2,4,6-9H3,(H,42,43)(H,44,45). The third-order valence-electron chi connectivity index (χ3n) is 13.4. The van der Waals surface area contributed by atoms with Gasteiger partial charge in [0.2, 0.25) is 0 Å². The van der Waals surface area contributed by atoms with Gasteiger partial charge in [0.05, 0.1) is 5.41 Å². The molecule has 0 aromatic carbocycles. The maximum atomic E-state index is 14.3. The first kappa shape index (κ1) is 35.2. The minimum absolute atomic E-state index is 0.0473. The van der Waals surface area contributed by atoms with E-state index in [-0.39, 0.29) is 46.2 Å². The second kappa shape index (κ2) is 12.8. The summed E-state index contributed by atoms with van der Waals surface area (Å²) in [5.41, 5.74) is 4.56. The topological polar surface area (TPSA) is 91.7 Å². The van der Waals surface area contributed by atoms with Crippen molar-refractivity contribution < 1.29 is 24.6 Å². The molecule has 2 saturated carbocycles. The molecule has 0 aliphatic heterocycles. The molecule has 0 heterocycles. The molecule has 0 saturated heterocycles. The van der Waals surface area contributed by atoms with Crippen LogP contribution in [0.15, 0.2) is 59.3 Å². The Hall–Kier alpha value is -2.69. The van der Waals surface area contributed by atoms with Crippen molar-refractivity contribution in [3.63, 3.8) is 0 Å². The third kappa shape index (κ3) is 5.98. The summed E-state index contributed by atoms with van der Waals surface area (Å²) in [6.07, 6.45) is 15.2. The predicted molar refractivity (Wildman–Crippen MR) is 182 cm³/mol. The zero-order valence-electron chi connectivity index (χ0n) is 29.1. The van der Waals surface area contributed by atoms with E-state index in [1.807, 2.05) is 0 Å². The largest absolute Gasteiger partial charge is 0.481 e. The molecule has 5 nitrogen and oxygen atoms in total. The molecule has 0 aromatic rings. The van der Waals surface area contributed by atoms with Gasteiger partial charge in [0.15, 0.2) is 0 Å². The van der Waals surface area contributed by atoms with Gasteiger partial charge in [-0.3, -0.25) is 14.4 Å². The summed E-state index contributed by atoms with van der Waals surface area (Å²) in [7, 11) is 0. The second-order valence-electron chi connectivity index (χ2n) is 16.1. The number of aliphatic carboxylic acids is 2. The fourth-order valence-corrected chi connectivity index (χ4v) is 10.3. The predicted octanol–water partition coefficient (Wildman–Crippen LogP) is 9.90. The lowest BCUT2D eigenvalue weighted by Crippen LogP contribution is -2.47. The van der Waals surface area contributed by atoms with Gasteiger partial charge < -0.3 is 10.2 Å². The van der Waals surface area contributed by atoms with Gasteiger partial charge in [0, 0.05) is 24.2 Å². The first-order chi connectivity index (χ1) is 20.9. The molecule has 5 heteroatoms.